The summed E-state index contributed by atoms with van der Waals surface area (Å²) in [5.41, 5.74) is 5.97. The monoisotopic (exact) mass is 335 g/mol. The molecule has 2 aromatic carbocycles. The van der Waals surface area contributed by atoms with Crippen molar-refractivity contribution < 1.29 is 22.1 Å². The fourth-order valence-corrected chi connectivity index (χ4v) is 2.71. The van der Waals surface area contributed by atoms with E-state index >= 15 is 0 Å². The molecule has 2 aromatic rings. The van der Waals surface area contributed by atoms with Crippen LogP contribution in [0.2, 0.25) is 0 Å². The first-order chi connectivity index (χ1) is 11.0. The maximum Gasteiger partial charge on any atom is 0.339 e. The van der Waals surface area contributed by atoms with Crippen molar-refractivity contribution in [3.63, 3.8) is 0 Å². The van der Waals surface area contributed by atoms with Crippen LogP contribution in [0.3, 0.4) is 0 Å². The third kappa shape index (κ3) is 5.08. The number of rotatable bonds is 7. The maximum atomic E-state index is 12.1. The third-order valence-corrected chi connectivity index (χ3v) is 4.17. The number of hydrogen-bond acceptors (Lipinski definition) is 6. The highest BCUT2D eigenvalue weighted by atomic mass is 32.2. The average molecular weight is 335 g/mol. The molecule has 0 fully saturated rings. The van der Waals surface area contributed by atoms with E-state index in [4.69, 9.17) is 14.7 Å². The molecule has 0 unspecified atom stereocenters. The fourth-order valence-electron chi connectivity index (χ4n) is 1.76. The van der Waals surface area contributed by atoms with Gasteiger partial charge >= 0.3 is 16.1 Å². The Labute approximate surface area is 135 Å². The second-order valence-electron chi connectivity index (χ2n) is 4.69. The van der Waals surface area contributed by atoms with Crippen LogP contribution in [0.5, 0.6) is 5.75 Å². The van der Waals surface area contributed by atoms with Crippen molar-refractivity contribution in [3.05, 3.63) is 60.2 Å². The van der Waals surface area contributed by atoms with Gasteiger partial charge in [-0.3, -0.25) is 4.79 Å². The van der Waals surface area contributed by atoms with E-state index in [9.17, 15) is 13.2 Å². The lowest BCUT2D eigenvalue weighted by Gasteiger charge is -2.08. The lowest BCUT2D eigenvalue weighted by Crippen LogP contribution is -2.11. The van der Waals surface area contributed by atoms with Gasteiger partial charge in [-0.15, -0.1) is 0 Å². The van der Waals surface area contributed by atoms with E-state index in [1.54, 1.807) is 30.3 Å². The van der Waals surface area contributed by atoms with Crippen LogP contribution < -0.4 is 9.92 Å². The highest BCUT2D eigenvalue weighted by Crippen LogP contribution is 2.19. The quantitative estimate of drug-likeness (QED) is 0.613. The molecule has 0 aromatic heterocycles. The maximum absolute atomic E-state index is 12.1. The van der Waals surface area contributed by atoms with E-state index in [-0.39, 0.29) is 36.2 Å². The molecule has 6 nitrogen and oxygen atoms in total. The SMILES string of the molecule is NCCC(=O)OCc1ccc(OS(=O)(=O)c2ccccc2)cc1. The molecule has 2 N–H and O–H groups in total. The summed E-state index contributed by atoms with van der Waals surface area (Å²) in [6, 6.07) is 14.2. The molecular weight excluding hydrogens is 318 g/mol. The molecule has 0 saturated heterocycles. The predicted octanol–water partition coefficient (Wildman–Crippen LogP) is 1.85. The Kier molecular flexibility index (Phi) is 5.72. The van der Waals surface area contributed by atoms with Gasteiger partial charge in [-0.1, -0.05) is 30.3 Å². The largest absolute Gasteiger partial charge is 0.461 e. The van der Waals surface area contributed by atoms with Crippen LogP contribution in [0.25, 0.3) is 0 Å². The number of ether oxygens (including phenoxy) is 1. The van der Waals surface area contributed by atoms with Gasteiger partial charge in [-0.2, -0.15) is 8.42 Å². The Morgan fingerprint density at radius 2 is 1.65 bits per heavy atom. The second-order valence-corrected chi connectivity index (χ2v) is 6.24. The summed E-state index contributed by atoms with van der Waals surface area (Å²) < 4.78 is 34.2. The van der Waals surface area contributed by atoms with Crippen LogP contribution in [-0.2, 0) is 26.3 Å². The smallest absolute Gasteiger partial charge is 0.339 e. The molecule has 0 amide bonds. The molecule has 0 aliphatic heterocycles. The zero-order valence-electron chi connectivity index (χ0n) is 12.3. The van der Waals surface area contributed by atoms with Gasteiger partial charge in [0.2, 0.25) is 0 Å². The molecule has 2 rings (SSSR count). The molecule has 0 bridgehead atoms. The molecule has 0 radical (unpaired) electrons. The molecule has 0 heterocycles. The highest BCUT2D eigenvalue weighted by Gasteiger charge is 2.15. The molecule has 0 saturated carbocycles. The molecule has 122 valence electrons. The first-order valence-corrected chi connectivity index (χ1v) is 8.36. The molecule has 23 heavy (non-hydrogen) atoms. The van der Waals surface area contributed by atoms with Gasteiger partial charge in [0.15, 0.2) is 0 Å². The Balaban J connectivity index is 1.99. The van der Waals surface area contributed by atoms with Gasteiger partial charge < -0.3 is 14.7 Å². The van der Waals surface area contributed by atoms with E-state index in [0.717, 1.165) is 5.56 Å². The van der Waals surface area contributed by atoms with Crippen LogP contribution in [0.15, 0.2) is 59.5 Å². The second kappa shape index (κ2) is 7.75. The topological polar surface area (TPSA) is 95.7 Å². The van der Waals surface area contributed by atoms with Crippen molar-refractivity contribution in [3.8, 4) is 5.75 Å². The van der Waals surface area contributed by atoms with Gasteiger partial charge in [-0.25, -0.2) is 0 Å². The van der Waals surface area contributed by atoms with Crippen molar-refractivity contribution in [1.82, 2.24) is 0 Å². The summed E-state index contributed by atoms with van der Waals surface area (Å²) in [4.78, 5) is 11.3. The van der Waals surface area contributed by atoms with Crippen molar-refractivity contribution in [2.24, 2.45) is 5.73 Å². The Bertz CT molecular complexity index is 742. The number of carbonyl (C=O) groups excluding carboxylic acids is 1. The normalized spacial score (nSPS) is 11.0. The standard InChI is InChI=1S/C16H17NO5S/c17-11-10-16(18)21-12-13-6-8-14(9-7-13)22-23(19,20)15-4-2-1-3-5-15/h1-9H,10-12,17H2. The van der Waals surface area contributed by atoms with E-state index in [2.05, 4.69) is 0 Å². The molecular formula is C16H17NO5S. The summed E-state index contributed by atoms with van der Waals surface area (Å²) in [5, 5.41) is 0. The van der Waals surface area contributed by atoms with Crippen LogP contribution in [0, 0.1) is 0 Å². The molecule has 0 atom stereocenters. The summed E-state index contributed by atoms with van der Waals surface area (Å²) >= 11 is 0. The van der Waals surface area contributed by atoms with Gasteiger partial charge in [-0.05, 0) is 29.8 Å². The first kappa shape index (κ1) is 17.0. The minimum atomic E-state index is -3.86. The van der Waals surface area contributed by atoms with Gasteiger partial charge in [0.05, 0.1) is 6.42 Å². The zero-order chi connectivity index (χ0) is 16.7. The Morgan fingerprint density at radius 3 is 2.26 bits per heavy atom. The zero-order valence-corrected chi connectivity index (χ0v) is 13.2. The molecule has 0 aliphatic carbocycles. The van der Waals surface area contributed by atoms with Crippen molar-refractivity contribution in [2.45, 2.75) is 17.9 Å². The highest BCUT2D eigenvalue weighted by molar-refractivity contribution is 7.87. The number of nitrogens with two attached hydrogens (primary N) is 1. The van der Waals surface area contributed by atoms with Crippen molar-refractivity contribution in [2.75, 3.05) is 6.54 Å². The number of esters is 1. The Morgan fingerprint density at radius 1 is 1.00 bits per heavy atom. The minimum Gasteiger partial charge on any atom is -0.461 e. The third-order valence-electron chi connectivity index (χ3n) is 2.91. The number of carbonyl (C=O) groups is 1. The van der Waals surface area contributed by atoms with Gasteiger partial charge in [0.1, 0.15) is 17.3 Å². The van der Waals surface area contributed by atoms with Crippen LogP contribution in [0.1, 0.15) is 12.0 Å². The first-order valence-electron chi connectivity index (χ1n) is 6.95. The van der Waals surface area contributed by atoms with E-state index in [0.29, 0.717) is 0 Å². The van der Waals surface area contributed by atoms with Gasteiger partial charge in [0.25, 0.3) is 0 Å². The van der Waals surface area contributed by atoms with E-state index in [1.807, 2.05) is 0 Å². The number of hydrogen-bond donors (Lipinski definition) is 1. The average Bonchev–Trinajstić information content (AvgIpc) is 2.55. The van der Waals surface area contributed by atoms with E-state index in [1.165, 1.54) is 24.3 Å². The molecule has 7 heteroatoms. The molecule has 0 aliphatic rings. The van der Waals surface area contributed by atoms with Gasteiger partial charge in [0, 0.05) is 6.54 Å². The lowest BCUT2D eigenvalue weighted by atomic mass is 10.2. The van der Waals surface area contributed by atoms with Crippen LogP contribution >= 0.6 is 0 Å². The van der Waals surface area contributed by atoms with E-state index < -0.39 is 10.1 Å². The molecule has 0 spiro atoms. The summed E-state index contributed by atoms with van der Waals surface area (Å²) in [6.45, 7) is 0.341. The lowest BCUT2D eigenvalue weighted by molar-refractivity contribution is -0.144. The summed E-state index contributed by atoms with van der Waals surface area (Å²) in [7, 11) is -3.86. The van der Waals surface area contributed by atoms with Crippen LogP contribution in [0.4, 0.5) is 0 Å². The number of benzene rings is 2. The van der Waals surface area contributed by atoms with Crippen LogP contribution in [-0.4, -0.2) is 20.9 Å². The minimum absolute atomic E-state index is 0.0831. The summed E-state index contributed by atoms with van der Waals surface area (Å²) in [6.07, 6.45) is 0.163. The fraction of sp³-hybridized carbons (Fsp3) is 0.188. The Hall–Kier alpha value is -2.38. The van der Waals surface area contributed by atoms with Crippen molar-refractivity contribution in [1.29, 1.82) is 0 Å². The summed E-state index contributed by atoms with van der Waals surface area (Å²) in [5.74, 6) is -0.189. The van der Waals surface area contributed by atoms with Crippen molar-refractivity contribution >= 4 is 16.1 Å². The predicted molar refractivity (Wildman–Crippen MR) is 84.2 cm³/mol.